The maximum Gasteiger partial charge on any atom is 0.263 e. The fourth-order valence-electron chi connectivity index (χ4n) is 4.57. The van der Waals surface area contributed by atoms with Gasteiger partial charge in [0.2, 0.25) is 0 Å². The largest absolute Gasteiger partial charge is 0.356 e. The summed E-state index contributed by atoms with van der Waals surface area (Å²) in [7, 11) is 0. The summed E-state index contributed by atoms with van der Waals surface area (Å²) in [5.41, 5.74) is 2.20. The van der Waals surface area contributed by atoms with E-state index in [1.165, 1.54) is 45.2 Å². The van der Waals surface area contributed by atoms with Gasteiger partial charge >= 0.3 is 0 Å². The molecule has 4 heterocycles. The van der Waals surface area contributed by atoms with E-state index in [-0.39, 0.29) is 0 Å². The third-order valence-corrected chi connectivity index (χ3v) is 6.26. The fourth-order valence-corrected chi connectivity index (χ4v) is 4.76. The SMILES string of the molecule is Clc1cccc(-c2noc3ncnc(N4CCC(N5CCCCC5)CC4)c23)c1. The van der Waals surface area contributed by atoms with Crippen molar-refractivity contribution >= 4 is 28.5 Å². The number of hydrogen-bond acceptors (Lipinski definition) is 6. The van der Waals surface area contributed by atoms with Gasteiger partial charge in [0.15, 0.2) is 0 Å². The van der Waals surface area contributed by atoms with Crippen molar-refractivity contribution < 1.29 is 4.52 Å². The van der Waals surface area contributed by atoms with Gasteiger partial charge in [0, 0.05) is 29.7 Å². The number of benzene rings is 1. The lowest BCUT2D eigenvalue weighted by molar-refractivity contribution is 0.141. The van der Waals surface area contributed by atoms with E-state index in [2.05, 4.69) is 24.9 Å². The minimum atomic E-state index is 0.526. The molecule has 0 atom stereocenters. The quantitative estimate of drug-likeness (QED) is 0.653. The number of aromatic nitrogens is 3. The first-order valence-corrected chi connectivity index (χ1v) is 10.5. The zero-order valence-electron chi connectivity index (χ0n) is 15.9. The summed E-state index contributed by atoms with van der Waals surface area (Å²) in [5.74, 6) is 0.915. The van der Waals surface area contributed by atoms with Crippen LogP contribution in [0.25, 0.3) is 22.4 Å². The summed E-state index contributed by atoms with van der Waals surface area (Å²) in [5, 5.41) is 5.83. The van der Waals surface area contributed by atoms with Crippen molar-refractivity contribution in [3.63, 3.8) is 0 Å². The van der Waals surface area contributed by atoms with Gasteiger partial charge in [0.05, 0.1) is 0 Å². The Labute approximate surface area is 169 Å². The van der Waals surface area contributed by atoms with Gasteiger partial charge < -0.3 is 14.3 Å². The molecule has 0 radical (unpaired) electrons. The predicted octanol–water partition coefficient (Wildman–Crippen LogP) is 4.39. The van der Waals surface area contributed by atoms with Gasteiger partial charge in [-0.3, -0.25) is 0 Å². The second-order valence-electron chi connectivity index (χ2n) is 7.73. The lowest BCUT2D eigenvalue weighted by atomic mass is 9.99. The van der Waals surface area contributed by atoms with E-state index in [0.29, 0.717) is 16.8 Å². The summed E-state index contributed by atoms with van der Waals surface area (Å²) in [6.07, 6.45) is 7.98. The second-order valence-corrected chi connectivity index (χ2v) is 8.17. The molecule has 1 aromatic carbocycles. The van der Waals surface area contributed by atoms with Crippen molar-refractivity contribution in [2.45, 2.75) is 38.1 Å². The summed E-state index contributed by atoms with van der Waals surface area (Å²) < 4.78 is 5.51. The van der Waals surface area contributed by atoms with Gasteiger partial charge in [0.25, 0.3) is 5.71 Å². The molecule has 0 unspecified atom stereocenters. The number of nitrogens with zero attached hydrogens (tertiary/aromatic N) is 5. The minimum Gasteiger partial charge on any atom is -0.356 e. The van der Waals surface area contributed by atoms with Crippen LogP contribution in [0.1, 0.15) is 32.1 Å². The average Bonchev–Trinajstić information content (AvgIpc) is 3.19. The Morgan fingerprint density at radius 3 is 2.61 bits per heavy atom. The van der Waals surface area contributed by atoms with E-state index in [9.17, 15) is 0 Å². The van der Waals surface area contributed by atoms with E-state index in [0.717, 1.165) is 35.6 Å². The van der Waals surface area contributed by atoms with E-state index in [4.69, 9.17) is 16.1 Å². The molecule has 0 bridgehead atoms. The number of piperidine rings is 2. The molecule has 0 saturated carbocycles. The Bertz CT molecular complexity index is 960. The third kappa shape index (κ3) is 3.35. The lowest BCUT2D eigenvalue weighted by Gasteiger charge is -2.40. The minimum absolute atomic E-state index is 0.526. The van der Waals surface area contributed by atoms with E-state index >= 15 is 0 Å². The molecular weight excluding hydrogens is 374 g/mol. The van der Waals surface area contributed by atoms with Crippen LogP contribution < -0.4 is 4.90 Å². The van der Waals surface area contributed by atoms with Crippen molar-refractivity contribution in [3.05, 3.63) is 35.6 Å². The number of rotatable bonds is 3. The molecule has 0 aliphatic carbocycles. The summed E-state index contributed by atoms with van der Waals surface area (Å²) in [4.78, 5) is 13.9. The van der Waals surface area contributed by atoms with Crippen molar-refractivity contribution in [1.29, 1.82) is 0 Å². The standard InChI is InChI=1S/C21H24ClN5O/c22-16-6-4-5-15(13-16)19-18-20(23-14-24-21(18)28-25-19)27-11-7-17(8-12-27)26-9-2-1-3-10-26/h4-6,13-14,17H,1-3,7-12H2. The molecule has 3 aromatic rings. The molecule has 0 spiro atoms. The van der Waals surface area contributed by atoms with Gasteiger partial charge in [-0.25, -0.2) is 4.98 Å². The van der Waals surface area contributed by atoms with Gasteiger partial charge in [0.1, 0.15) is 23.2 Å². The van der Waals surface area contributed by atoms with Crippen LogP contribution in [0.3, 0.4) is 0 Å². The molecule has 0 amide bonds. The molecule has 0 N–H and O–H groups in total. The van der Waals surface area contributed by atoms with Crippen LogP contribution in [-0.2, 0) is 0 Å². The molecule has 2 aromatic heterocycles. The highest BCUT2D eigenvalue weighted by atomic mass is 35.5. The van der Waals surface area contributed by atoms with Gasteiger partial charge in [-0.2, -0.15) is 4.98 Å². The Morgan fingerprint density at radius 1 is 1.00 bits per heavy atom. The molecule has 6 nitrogen and oxygen atoms in total. The van der Waals surface area contributed by atoms with Crippen LogP contribution in [0, 0.1) is 0 Å². The first kappa shape index (κ1) is 17.9. The smallest absolute Gasteiger partial charge is 0.263 e. The highest BCUT2D eigenvalue weighted by molar-refractivity contribution is 6.30. The molecule has 2 saturated heterocycles. The van der Waals surface area contributed by atoms with Crippen LogP contribution in [0.15, 0.2) is 35.1 Å². The zero-order valence-corrected chi connectivity index (χ0v) is 16.6. The van der Waals surface area contributed by atoms with Crippen LogP contribution in [0.4, 0.5) is 5.82 Å². The molecule has 2 aliphatic rings. The molecule has 2 fully saturated rings. The normalized spacial score (nSPS) is 19.4. The highest BCUT2D eigenvalue weighted by Crippen LogP contribution is 2.35. The monoisotopic (exact) mass is 397 g/mol. The Morgan fingerprint density at radius 2 is 1.82 bits per heavy atom. The van der Waals surface area contributed by atoms with E-state index in [1.54, 1.807) is 6.33 Å². The lowest BCUT2D eigenvalue weighted by Crippen LogP contribution is -2.47. The number of anilines is 1. The molecule has 28 heavy (non-hydrogen) atoms. The fraction of sp³-hybridized carbons (Fsp3) is 0.476. The summed E-state index contributed by atoms with van der Waals surface area (Å²) in [6, 6.07) is 8.37. The van der Waals surface area contributed by atoms with Crippen LogP contribution >= 0.6 is 11.6 Å². The van der Waals surface area contributed by atoms with Crippen molar-refractivity contribution in [2.24, 2.45) is 0 Å². The molecule has 7 heteroatoms. The van der Waals surface area contributed by atoms with Gasteiger partial charge in [-0.15, -0.1) is 0 Å². The van der Waals surface area contributed by atoms with Crippen molar-refractivity contribution in [2.75, 3.05) is 31.1 Å². The molecular formula is C21H24ClN5O. The van der Waals surface area contributed by atoms with Crippen LogP contribution in [0.5, 0.6) is 0 Å². The molecule has 5 rings (SSSR count). The Kier molecular flexibility index (Phi) is 4.91. The van der Waals surface area contributed by atoms with E-state index < -0.39 is 0 Å². The summed E-state index contributed by atoms with van der Waals surface area (Å²) in [6.45, 7) is 4.50. The maximum atomic E-state index is 6.19. The molecule has 146 valence electrons. The molecule has 2 aliphatic heterocycles. The first-order valence-electron chi connectivity index (χ1n) is 10.1. The number of fused-ring (bicyclic) bond motifs is 1. The predicted molar refractivity (Wildman–Crippen MR) is 111 cm³/mol. The topological polar surface area (TPSA) is 58.3 Å². The third-order valence-electron chi connectivity index (χ3n) is 6.02. The van der Waals surface area contributed by atoms with Gasteiger partial charge in [-0.1, -0.05) is 35.3 Å². The average molecular weight is 398 g/mol. The number of likely N-dealkylation sites (tertiary alicyclic amines) is 1. The first-order chi connectivity index (χ1) is 13.8. The number of halogens is 1. The van der Waals surface area contributed by atoms with E-state index in [1.807, 2.05) is 24.3 Å². The van der Waals surface area contributed by atoms with Crippen molar-refractivity contribution in [3.8, 4) is 11.3 Å². The Hall–Kier alpha value is -2.18. The Balaban J connectivity index is 1.43. The second kappa shape index (κ2) is 7.68. The van der Waals surface area contributed by atoms with Crippen LogP contribution in [-0.4, -0.2) is 52.2 Å². The summed E-state index contributed by atoms with van der Waals surface area (Å²) >= 11 is 6.19. The van der Waals surface area contributed by atoms with Crippen LogP contribution in [0.2, 0.25) is 5.02 Å². The maximum absolute atomic E-state index is 6.19. The zero-order chi connectivity index (χ0) is 18.9. The van der Waals surface area contributed by atoms with Crippen molar-refractivity contribution in [1.82, 2.24) is 20.0 Å². The van der Waals surface area contributed by atoms with Gasteiger partial charge in [-0.05, 0) is 50.9 Å². The number of hydrogen-bond donors (Lipinski definition) is 0. The highest BCUT2D eigenvalue weighted by Gasteiger charge is 2.28.